The summed E-state index contributed by atoms with van der Waals surface area (Å²) in [7, 11) is 0. The summed E-state index contributed by atoms with van der Waals surface area (Å²) >= 11 is 5.99. The van der Waals surface area contributed by atoms with Gasteiger partial charge in [0, 0.05) is 17.3 Å². The van der Waals surface area contributed by atoms with Crippen LogP contribution in [0.15, 0.2) is 47.4 Å². The Morgan fingerprint density at radius 1 is 1.21 bits per heavy atom. The number of benzene rings is 1. The lowest BCUT2D eigenvalue weighted by Crippen LogP contribution is -2.19. The van der Waals surface area contributed by atoms with Gasteiger partial charge in [-0.15, -0.1) is 0 Å². The predicted octanol–water partition coefficient (Wildman–Crippen LogP) is 3.17. The first-order chi connectivity index (χ1) is 9.15. The van der Waals surface area contributed by atoms with E-state index in [4.69, 9.17) is 11.6 Å². The number of aromatic amines is 1. The molecule has 0 saturated heterocycles. The number of rotatable bonds is 2. The molecular weight excluding hydrogens is 267 g/mol. The minimum atomic E-state index is -0.388. The number of nitrogens with zero attached hydrogens (tertiary/aromatic N) is 1. The van der Waals surface area contributed by atoms with E-state index in [2.05, 4.69) is 4.98 Å². The van der Waals surface area contributed by atoms with Gasteiger partial charge >= 0.3 is 0 Å². The van der Waals surface area contributed by atoms with Gasteiger partial charge in [-0.05, 0) is 29.8 Å². The van der Waals surface area contributed by atoms with E-state index in [0.29, 0.717) is 17.1 Å². The van der Waals surface area contributed by atoms with Gasteiger partial charge in [-0.1, -0.05) is 17.7 Å². The first kappa shape index (κ1) is 12.0. The molecule has 1 aromatic carbocycles. The van der Waals surface area contributed by atoms with Gasteiger partial charge in [0.15, 0.2) is 0 Å². The smallest absolute Gasteiger partial charge is 0.251 e. The van der Waals surface area contributed by atoms with E-state index in [1.54, 1.807) is 22.9 Å². The molecule has 1 N–H and O–H groups in total. The quantitative estimate of drug-likeness (QED) is 0.767. The second-order valence-electron chi connectivity index (χ2n) is 4.27. The summed E-state index contributed by atoms with van der Waals surface area (Å²) in [5.41, 5.74) is 2.26. The first-order valence-corrected chi connectivity index (χ1v) is 6.14. The molecule has 0 aliphatic heterocycles. The molecule has 3 nitrogen and oxygen atoms in total. The monoisotopic (exact) mass is 276 g/mol. The van der Waals surface area contributed by atoms with Crippen molar-refractivity contribution in [3.8, 4) is 0 Å². The zero-order valence-corrected chi connectivity index (χ0v) is 10.6. The van der Waals surface area contributed by atoms with Crippen molar-refractivity contribution in [2.24, 2.45) is 0 Å². The van der Waals surface area contributed by atoms with Crippen LogP contribution in [-0.2, 0) is 6.54 Å². The fourth-order valence-corrected chi connectivity index (χ4v) is 2.32. The molecule has 0 radical (unpaired) electrons. The average molecular weight is 277 g/mol. The number of hydrogen-bond donors (Lipinski definition) is 1. The molecule has 0 aliphatic rings. The van der Waals surface area contributed by atoms with Crippen molar-refractivity contribution in [2.75, 3.05) is 0 Å². The first-order valence-electron chi connectivity index (χ1n) is 5.76. The van der Waals surface area contributed by atoms with E-state index in [-0.39, 0.29) is 11.4 Å². The minimum absolute atomic E-state index is 0.118. The van der Waals surface area contributed by atoms with Gasteiger partial charge in [-0.3, -0.25) is 4.79 Å². The number of hydrogen-bond acceptors (Lipinski definition) is 1. The maximum Gasteiger partial charge on any atom is 0.251 e. The van der Waals surface area contributed by atoms with Crippen LogP contribution in [0.4, 0.5) is 4.39 Å². The second kappa shape index (κ2) is 4.55. The Morgan fingerprint density at radius 3 is 2.84 bits per heavy atom. The summed E-state index contributed by atoms with van der Waals surface area (Å²) in [6.07, 6.45) is 1.77. The van der Waals surface area contributed by atoms with Crippen LogP contribution in [0.1, 0.15) is 5.56 Å². The van der Waals surface area contributed by atoms with E-state index in [1.165, 1.54) is 18.2 Å². The fourth-order valence-electron chi connectivity index (χ4n) is 2.09. The zero-order chi connectivity index (χ0) is 13.4. The summed E-state index contributed by atoms with van der Waals surface area (Å²) < 4.78 is 14.6. The third-order valence-electron chi connectivity index (χ3n) is 3.05. The molecule has 96 valence electrons. The minimum Gasteiger partial charge on any atom is -0.360 e. The van der Waals surface area contributed by atoms with E-state index in [9.17, 15) is 9.18 Å². The molecule has 5 heteroatoms. The molecule has 0 bridgehead atoms. The highest BCUT2D eigenvalue weighted by Crippen LogP contribution is 2.19. The van der Waals surface area contributed by atoms with Gasteiger partial charge in [0.1, 0.15) is 5.82 Å². The van der Waals surface area contributed by atoms with Crippen molar-refractivity contribution in [1.82, 2.24) is 9.55 Å². The highest BCUT2D eigenvalue weighted by Gasteiger charge is 2.07. The maximum atomic E-state index is 13.0. The van der Waals surface area contributed by atoms with Crippen molar-refractivity contribution in [1.29, 1.82) is 0 Å². The lowest BCUT2D eigenvalue weighted by atomic mass is 10.2. The Kier molecular flexibility index (Phi) is 2.87. The molecule has 0 saturated carbocycles. The molecule has 19 heavy (non-hydrogen) atoms. The predicted molar refractivity (Wildman–Crippen MR) is 73.1 cm³/mol. The fraction of sp³-hybridized carbons (Fsp3) is 0.0714. The second-order valence-corrected chi connectivity index (χ2v) is 4.68. The Hall–Kier alpha value is -2.07. The molecule has 0 unspecified atom stereocenters. The molecular formula is C14H10ClFN2O. The summed E-state index contributed by atoms with van der Waals surface area (Å²) in [5, 5.41) is 0.319. The molecule has 2 heterocycles. The normalized spacial score (nSPS) is 11.1. The third-order valence-corrected chi connectivity index (χ3v) is 3.40. The van der Waals surface area contributed by atoms with E-state index < -0.39 is 0 Å². The van der Waals surface area contributed by atoms with Crippen LogP contribution in [0.25, 0.3) is 11.0 Å². The number of H-pyrrole nitrogens is 1. The standard InChI is InChI=1S/C14H10ClFN2O/c15-11-7-10(16)2-1-9(11)8-18-13-5-6-17-12(13)3-4-14(18)19/h1-7,17H,8H2. The van der Waals surface area contributed by atoms with Crippen LogP contribution < -0.4 is 5.56 Å². The van der Waals surface area contributed by atoms with Crippen molar-refractivity contribution in [3.05, 3.63) is 69.4 Å². The van der Waals surface area contributed by atoms with Crippen molar-refractivity contribution in [3.63, 3.8) is 0 Å². The molecule has 0 aliphatic carbocycles. The molecule has 0 atom stereocenters. The summed E-state index contributed by atoms with van der Waals surface area (Å²) in [6, 6.07) is 9.24. The van der Waals surface area contributed by atoms with E-state index in [0.717, 1.165) is 11.0 Å². The number of aromatic nitrogens is 2. The van der Waals surface area contributed by atoms with Crippen molar-refractivity contribution < 1.29 is 4.39 Å². The number of pyridine rings is 1. The number of nitrogens with one attached hydrogen (secondary N) is 1. The van der Waals surface area contributed by atoms with Crippen molar-refractivity contribution >= 4 is 22.6 Å². The molecule has 3 rings (SSSR count). The lowest BCUT2D eigenvalue weighted by Gasteiger charge is -2.09. The molecule has 3 aromatic rings. The topological polar surface area (TPSA) is 37.8 Å². The van der Waals surface area contributed by atoms with Gasteiger partial charge in [-0.2, -0.15) is 0 Å². The summed E-state index contributed by atoms with van der Waals surface area (Å²) in [4.78, 5) is 15.0. The Morgan fingerprint density at radius 2 is 2.05 bits per heavy atom. The van der Waals surface area contributed by atoms with Crippen LogP contribution in [0.3, 0.4) is 0 Å². The van der Waals surface area contributed by atoms with Gasteiger partial charge in [0.25, 0.3) is 5.56 Å². The van der Waals surface area contributed by atoms with Gasteiger partial charge < -0.3 is 9.55 Å². The highest BCUT2D eigenvalue weighted by atomic mass is 35.5. The van der Waals surface area contributed by atoms with Crippen LogP contribution in [0.2, 0.25) is 5.02 Å². The van der Waals surface area contributed by atoms with Crippen LogP contribution in [-0.4, -0.2) is 9.55 Å². The maximum absolute atomic E-state index is 13.0. The van der Waals surface area contributed by atoms with Crippen LogP contribution in [0.5, 0.6) is 0 Å². The Labute approximate surface area is 113 Å². The Balaban J connectivity index is 2.12. The number of halogens is 2. The molecule has 2 aromatic heterocycles. The molecule has 0 fully saturated rings. The Bertz CT molecular complexity index is 807. The van der Waals surface area contributed by atoms with E-state index >= 15 is 0 Å². The SMILES string of the molecule is O=c1ccc2[nH]ccc2n1Cc1ccc(F)cc1Cl. The average Bonchev–Trinajstić information content (AvgIpc) is 2.84. The largest absolute Gasteiger partial charge is 0.360 e. The summed E-state index contributed by atoms with van der Waals surface area (Å²) in [5.74, 6) is -0.388. The zero-order valence-electron chi connectivity index (χ0n) is 9.86. The number of fused-ring (bicyclic) bond motifs is 1. The highest BCUT2D eigenvalue weighted by molar-refractivity contribution is 6.31. The lowest BCUT2D eigenvalue weighted by molar-refractivity contribution is 0.626. The van der Waals surface area contributed by atoms with Gasteiger partial charge in [-0.25, -0.2) is 4.39 Å². The third kappa shape index (κ3) is 2.15. The van der Waals surface area contributed by atoms with Crippen LogP contribution >= 0.6 is 11.6 Å². The van der Waals surface area contributed by atoms with Crippen LogP contribution in [0, 0.1) is 5.82 Å². The van der Waals surface area contributed by atoms with Gasteiger partial charge in [0.2, 0.25) is 0 Å². The van der Waals surface area contributed by atoms with Gasteiger partial charge in [0.05, 0.1) is 17.6 Å². The summed E-state index contributed by atoms with van der Waals surface area (Å²) in [6.45, 7) is 0.313. The van der Waals surface area contributed by atoms with E-state index in [1.807, 2.05) is 6.07 Å². The molecule has 0 amide bonds. The molecule has 0 spiro atoms. The van der Waals surface area contributed by atoms with Crippen molar-refractivity contribution in [2.45, 2.75) is 6.54 Å².